The molecule has 0 saturated carbocycles. The zero-order valence-corrected chi connectivity index (χ0v) is 12.4. The van der Waals surface area contributed by atoms with Gasteiger partial charge in [-0.1, -0.05) is 35.8 Å². The molecule has 2 nitrogen and oxygen atoms in total. The van der Waals surface area contributed by atoms with Crippen molar-refractivity contribution >= 4 is 15.9 Å². The van der Waals surface area contributed by atoms with Gasteiger partial charge in [-0.3, -0.25) is 0 Å². The molecule has 0 aromatic heterocycles. The number of halogens is 1. The quantitative estimate of drug-likeness (QED) is 0.700. The summed E-state index contributed by atoms with van der Waals surface area (Å²) in [6.07, 6.45) is 1.40. The van der Waals surface area contributed by atoms with Gasteiger partial charge in [0.1, 0.15) is 12.4 Å². The van der Waals surface area contributed by atoms with E-state index in [1.165, 1.54) is 0 Å². The van der Waals surface area contributed by atoms with Gasteiger partial charge in [-0.2, -0.15) is 0 Å². The average molecular weight is 301 g/mol. The molecule has 17 heavy (non-hydrogen) atoms. The van der Waals surface area contributed by atoms with Crippen LogP contribution in [0.2, 0.25) is 0 Å². The summed E-state index contributed by atoms with van der Waals surface area (Å²) in [4.78, 5) is 0. The molecule has 1 aromatic carbocycles. The van der Waals surface area contributed by atoms with Crippen molar-refractivity contribution < 1.29 is 9.47 Å². The van der Waals surface area contributed by atoms with Crippen molar-refractivity contribution in [3.63, 3.8) is 0 Å². The van der Waals surface area contributed by atoms with Crippen molar-refractivity contribution in [2.75, 3.05) is 13.2 Å². The Morgan fingerprint density at radius 3 is 2.59 bits per heavy atom. The van der Waals surface area contributed by atoms with Crippen LogP contribution in [0.3, 0.4) is 0 Å². The molecule has 0 fully saturated rings. The molecule has 0 aliphatic rings. The van der Waals surface area contributed by atoms with E-state index >= 15 is 0 Å². The summed E-state index contributed by atoms with van der Waals surface area (Å²) in [5.41, 5.74) is 0. The lowest BCUT2D eigenvalue weighted by Gasteiger charge is -2.15. The maximum Gasteiger partial charge on any atom is 0.120 e. The average Bonchev–Trinajstić information content (AvgIpc) is 2.23. The first-order valence-corrected chi connectivity index (χ1v) is 6.87. The highest BCUT2D eigenvalue weighted by atomic mass is 79.9. The smallest absolute Gasteiger partial charge is 0.120 e. The van der Waals surface area contributed by atoms with E-state index in [1.807, 2.05) is 24.3 Å². The van der Waals surface area contributed by atoms with Gasteiger partial charge in [-0.25, -0.2) is 0 Å². The second-order valence-electron chi connectivity index (χ2n) is 4.62. The first-order chi connectivity index (χ1) is 8.08. The van der Waals surface area contributed by atoms with Crippen LogP contribution in [0.15, 0.2) is 28.7 Å². The normalized spacial score (nSPS) is 12.8. The van der Waals surface area contributed by atoms with Gasteiger partial charge in [0.2, 0.25) is 0 Å². The van der Waals surface area contributed by atoms with Crippen LogP contribution in [-0.4, -0.2) is 19.3 Å². The molecule has 3 heteroatoms. The third-order valence-corrected chi connectivity index (χ3v) is 2.85. The maximum absolute atomic E-state index is 5.67. The Hall–Kier alpha value is -0.540. The SMILES string of the molecule is CC(C)CC(C)OCCOc1cccc(Br)c1. The zero-order valence-electron chi connectivity index (χ0n) is 10.8. The second-order valence-corrected chi connectivity index (χ2v) is 5.53. The largest absolute Gasteiger partial charge is 0.491 e. The van der Waals surface area contributed by atoms with Crippen molar-refractivity contribution in [2.24, 2.45) is 5.92 Å². The van der Waals surface area contributed by atoms with Crippen LogP contribution in [0, 0.1) is 5.92 Å². The van der Waals surface area contributed by atoms with E-state index in [4.69, 9.17) is 9.47 Å². The summed E-state index contributed by atoms with van der Waals surface area (Å²) in [6.45, 7) is 7.76. The van der Waals surface area contributed by atoms with Crippen LogP contribution < -0.4 is 4.74 Å². The van der Waals surface area contributed by atoms with Gasteiger partial charge in [0.25, 0.3) is 0 Å². The van der Waals surface area contributed by atoms with E-state index in [1.54, 1.807) is 0 Å². The van der Waals surface area contributed by atoms with Crippen LogP contribution >= 0.6 is 15.9 Å². The summed E-state index contributed by atoms with van der Waals surface area (Å²) in [7, 11) is 0. The molecular formula is C14H21BrO2. The fourth-order valence-electron chi connectivity index (χ4n) is 1.70. The lowest BCUT2D eigenvalue weighted by atomic mass is 10.1. The second kappa shape index (κ2) is 7.72. The highest BCUT2D eigenvalue weighted by Crippen LogP contribution is 2.17. The highest BCUT2D eigenvalue weighted by Gasteiger charge is 2.04. The van der Waals surface area contributed by atoms with Gasteiger partial charge >= 0.3 is 0 Å². The summed E-state index contributed by atoms with van der Waals surface area (Å²) in [5, 5.41) is 0. The third-order valence-electron chi connectivity index (χ3n) is 2.35. The number of hydrogen-bond donors (Lipinski definition) is 0. The van der Waals surface area contributed by atoms with Crippen molar-refractivity contribution in [2.45, 2.75) is 33.3 Å². The molecule has 0 bridgehead atoms. The van der Waals surface area contributed by atoms with Crippen molar-refractivity contribution in [3.8, 4) is 5.75 Å². The monoisotopic (exact) mass is 300 g/mol. The van der Waals surface area contributed by atoms with Crippen LogP contribution in [0.1, 0.15) is 27.2 Å². The minimum Gasteiger partial charge on any atom is -0.491 e. The van der Waals surface area contributed by atoms with Gasteiger partial charge < -0.3 is 9.47 Å². The predicted molar refractivity (Wildman–Crippen MR) is 74.5 cm³/mol. The molecule has 0 N–H and O–H groups in total. The van der Waals surface area contributed by atoms with Crippen molar-refractivity contribution in [3.05, 3.63) is 28.7 Å². The molecule has 96 valence electrons. The Morgan fingerprint density at radius 2 is 1.94 bits per heavy atom. The van der Waals surface area contributed by atoms with Gasteiger partial charge in [0, 0.05) is 4.47 Å². The van der Waals surface area contributed by atoms with Crippen LogP contribution in [-0.2, 0) is 4.74 Å². The number of benzene rings is 1. The fraction of sp³-hybridized carbons (Fsp3) is 0.571. The first-order valence-electron chi connectivity index (χ1n) is 6.08. The van der Waals surface area contributed by atoms with Gasteiger partial charge in [-0.15, -0.1) is 0 Å². The maximum atomic E-state index is 5.67. The Morgan fingerprint density at radius 1 is 1.18 bits per heavy atom. The molecule has 0 aliphatic carbocycles. The van der Waals surface area contributed by atoms with Crippen LogP contribution in [0.25, 0.3) is 0 Å². The van der Waals surface area contributed by atoms with E-state index in [0.29, 0.717) is 25.2 Å². The molecule has 0 heterocycles. The van der Waals surface area contributed by atoms with Crippen molar-refractivity contribution in [1.82, 2.24) is 0 Å². The molecular weight excluding hydrogens is 280 g/mol. The molecule has 1 unspecified atom stereocenters. The lowest BCUT2D eigenvalue weighted by molar-refractivity contribution is 0.0331. The van der Waals surface area contributed by atoms with Gasteiger partial charge in [0.15, 0.2) is 0 Å². The highest BCUT2D eigenvalue weighted by molar-refractivity contribution is 9.10. The minimum atomic E-state index is 0.307. The molecule has 0 saturated heterocycles. The van der Waals surface area contributed by atoms with Crippen LogP contribution in [0.4, 0.5) is 0 Å². The standard InChI is InChI=1S/C14H21BrO2/c1-11(2)9-12(3)16-7-8-17-14-6-4-5-13(15)10-14/h4-6,10-12H,7-9H2,1-3H3. The molecule has 1 rings (SSSR count). The summed E-state index contributed by atoms with van der Waals surface area (Å²) < 4.78 is 12.3. The van der Waals surface area contributed by atoms with Crippen molar-refractivity contribution in [1.29, 1.82) is 0 Å². The first kappa shape index (κ1) is 14.5. The Bertz CT molecular complexity index is 326. The molecule has 0 aliphatic heterocycles. The van der Waals surface area contributed by atoms with Gasteiger partial charge in [0.05, 0.1) is 12.7 Å². The molecule has 0 radical (unpaired) electrons. The van der Waals surface area contributed by atoms with E-state index in [-0.39, 0.29) is 0 Å². The topological polar surface area (TPSA) is 18.5 Å². The van der Waals surface area contributed by atoms with E-state index in [0.717, 1.165) is 16.6 Å². The Labute approximate surface area is 112 Å². The third kappa shape index (κ3) is 6.69. The summed E-state index contributed by atoms with van der Waals surface area (Å²) in [5.74, 6) is 1.55. The van der Waals surface area contributed by atoms with E-state index < -0.39 is 0 Å². The summed E-state index contributed by atoms with van der Waals surface area (Å²) >= 11 is 3.41. The predicted octanol–water partition coefficient (Wildman–Crippen LogP) is 4.28. The van der Waals surface area contributed by atoms with Crippen LogP contribution in [0.5, 0.6) is 5.75 Å². The molecule has 1 atom stereocenters. The minimum absolute atomic E-state index is 0.307. The Balaban J connectivity index is 2.16. The Kier molecular flexibility index (Phi) is 6.60. The summed E-state index contributed by atoms with van der Waals surface area (Å²) in [6, 6.07) is 7.84. The molecule has 0 amide bonds. The fourth-order valence-corrected chi connectivity index (χ4v) is 2.08. The zero-order chi connectivity index (χ0) is 12.7. The number of ether oxygens (including phenoxy) is 2. The number of hydrogen-bond acceptors (Lipinski definition) is 2. The van der Waals surface area contributed by atoms with E-state index in [9.17, 15) is 0 Å². The lowest BCUT2D eigenvalue weighted by Crippen LogP contribution is -2.16. The van der Waals surface area contributed by atoms with Gasteiger partial charge in [-0.05, 0) is 37.5 Å². The van der Waals surface area contributed by atoms with E-state index in [2.05, 4.69) is 36.7 Å². The molecule has 0 spiro atoms. The molecule has 1 aromatic rings. The number of rotatable bonds is 7.